The standard InChI is InChI=1S/C20H17FN6O3S/c21-12-4-3-8-22-18(12)26-19(28)15-11-31-17(25-15)7-9-27(20(29)30)10-16-23-13-5-1-2-6-14(13)24-16/h1-6,8,11H,7,9-10H2,(H,23,24)(H,29,30)(H,22,26,28). The second-order valence-electron chi connectivity index (χ2n) is 6.57. The van der Waals surface area contributed by atoms with Crippen LogP contribution in [0.2, 0.25) is 0 Å². The van der Waals surface area contributed by atoms with Gasteiger partial charge in [-0.2, -0.15) is 0 Å². The van der Waals surface area contributed by atoms with Crippen molar-refractivity contribution < 1.29 is 19.1 Å². The Kier molecular flexibility index (Phi) is 5.85. The van der Waals surface area contributed by atoms with E-state index in [1.165, 1.54) is 39.9 Å². The molecular weight excluding hydrogens is 423 g/mol. The van der Waals surface area contributed by atoms with Gasteiger partial charge in [0.2, 0.25) is 0 Å². The number of amides is 2. The Hall–Kier alpha value is -3.86. The largest absolute Gasteiger partial charge is 0.465 e. The maximum atomic E-state index is 13.6. The summed E-state index contributed by atoms with van der Waals surface area (Å²) in [5.74, 6) is -0.864. The number of nitrogens with zero attached hydrogens (tertiary/aromatic N) is 4. The summed E-state index contributed by atoms with van der Waals surface area (Å²) >= 11 is 1.23. The Morgan fingerprint density at radius 2 is 2.03 bits per heavy atom. The molecule has 0 unspecified atom stereocenters. The zero-order valence-electron chi connectivity index (χ0n) is 16.1. The average molecular weight is 440 g/mol. The number of rotatable bonds is 7. The van der Waals surface area contributed by atoms with E-state index in [9.17, 15) is 19.1 Å². The van der Waals surface area contributed by atoms with Gasteiger partial charge in [-0.3, -0.25) is 4.79 Å². The number of hydrogen-bond donors (Lipinski definition) is 3. The Labute approximate surface area is 179 Å². The van der Waals surface area contributed by atoms with Gasteiger partial charge in [0.25, 0.3) is 5.91 Å². The maximum absolute atomic E-state index is 13.6. The summed E-state index contributed by atoms with van der Waals surface area (Å²) < 4.78 is 13.6. The minimum Gasteiger partial charge on any atom is -0.465 e. The number of carbonyl (C=O) groups is 2. The predicted molar refractivity (Wildman–Crippen MR) is 112 cm³/mol. The average Bonchev–Trinajstić information content (AvgIpc) is 3.39. The Balaban J connectivity index is 1.38. The molecule has 3 heterocycles. The zero-order valence-corrected chi connectivity index (χ0v) is 16.9. The van der Waals surface area contributed by atoms with Crippen molar-refractivity contribution in [3.63, 3.8) is 0 Å². The number of anilines is 1. The lowest BCUT2D eigenvalue weighted by Gasteiger charge is -2.17. The Morgan fingerprint density at radius 3 is 2.81 bits per heavy atom. The number of carbonyl (C=O) groups excluding carboxylic acids is 1. The van der Waals surface area contributed by atoms with Gasteiger partial charge in [0.15, 0.2) is 11.6 Å². The van der Waals surface area contributed by atoms with Crippen molar-refractivity contribution in [2.75, 3.05) is 11.9 Å². The van der Waals surface area contributed by atoms with Crippen LogP contribution in [0.4, 0.5) is 15.0 Å². The number of aromatic nitrogens is 4. The number of thiazole rings is 1. The summed E-state index contributed by atoms with van der Waals surface area (Å²) in [6.45, 7) is 0.275. The van der Waals surface area contributed by atoms with E-state index in [0.717, 1.165) is 11.0 Å². The molecule has 9 nitrogen and oxygen atoms in total. The van der Waals surface area contributed by atoms with Gasteiger partial charge in [-0.15, -0.1) is 11.3 Å². The highest BCUT2D eigenvalue weighted by atomic mass is 32.1. The molecule has 0 saturated carbocycles. The SMILES string of the molecule is O=C(Nc1ncccc1F)c1csc(CCN(Cc2nc3ccccc3[nH]2)C(=O)O)n1. The highest BCUT2D eigenvalue weighted by Gasteiger charge is 2.17. The number of benzene rings is 1. The van der Waals surface area contributed by atoms with E-state index >= 15 is 0 Å². The summed E-state index contributed by atoms with van der Waals surface area (Å²) in [6.07, 6.45) is 0.608. The van der Waals surface area contributed by atoms with Crippen LogP contribution in [0.1, 0.15) is 21.3 Å². The molecular formula is C20H17FN6O3S. The van der Waals surface area contributed by atoms with E-state index in [0.29, 0.717) is 17.3 Å². The molecule has 2 amide bonds. The summed E-state index contributed by atoms with van der Waals surface area (Å²) in [7, 11) is 0. The van der Waals surface area contributed by atoms with Crippen molar-refractivity contribution in [2.24, 2.45) is 0 Å². The number of H-pyrrole nitrogens is 1. The number of halogens is 1. The summed E-state index contributed by atoms with van der Waals surface area (Å²) in [5, 5.41) is 14.0. The van der Waals surface area contributed by atoms with Crippen molar-refractivity contribution in [3.05, 3.63) is 70.3 Å². The molecule has 1 aromatic carbocycles. The highest BCUT2D eigenvalue weighted by molar-refractivity contribution is 7.09. The lowest BCUT2D eigenvalue weighted by Crippen LogP contribution is -2.31. The first kappa shape index (κ1) is 20.4. The molecule has 0 spiro atoms. The summed E-state index contributed by atoms with van der Waals surface area (Å²) in [4.78, 5) is 40.6. The van der Waals surface area contributed by atoms with Crippen molar-refractivity contribution >= 4 is 40.2 Å². The van der Waals surface area contributed by atoms with Gasteiger partial charge in [0, 0.05) is 24.5 Å². The molecule has 0 atom stereocenters. The van der Waals surface area contributed by atoms with E-state index in [4.69, 9.17) is 0 Å². The molecule has 11 heteroatoms. The molecule has 3 N–H and O–H groups in total. The van der Waals surface area contributed by atoms with Crippen molar-refractivity contribution in [1.29, 1.82) is 0 Å². The number of pyridine rings is 1. The van der Waals surface area contributed by atoms with Crippen LogP contribution in [0.15, 0.2) is 48.0 Å². The molecule has 0 radical (unpaired) electrons. The lowest BCUT2D eigenvalue weighted by molar-refractivity contribution is 0.102. The van der Waals surface area contributed by atoms with Crippen molar-refractivity contribution in [3.8, 4) is 0 Å². The van der Waals surface area contributed by atoms with Crippen LogP contribution in [0.25, 0.3) is 11.0 Å². The molecule has 4 rings (SSSR count). The van der Waals surface area contributed by atoms with Gasteiger partial charge in [-0.1, -0.05) is 12.1 Å². The first-order valence-corrected chi connectivity index (χ1v) is 10.2. The third kappa shape index (κ3) is 4.83. The Morgan fingerprint density at radius 1 is 1.19 bits per heavy atom. The van der Waals surface area contributed by atoms with Crippen LogP contribution in [0, 0.1) is 5.82 Å². The third-order valence-electron chi connectivity index (χ3n) is 4.42. The molecule has 0 aliphatic rings. The van der Waals surface area contributed by atoms with Gasteiger partial charge in [0.1, 0.15) is 11.5 Å². The van der Waals surface area contributed by atoms with Crippen LogP contribution in [0.5, 0.6) is 0 Å². The summed E-state index contributed by atoms with van der Waals surface area (Å²) in [5.41, 5.74) is 1.72. The smallest absolute Gasteiger partial charge is 0.407 e. The van der Waals surface area contributed by atoms with Gasteiger partial charge >= 0.3 is 6.09 Å². The minimum absolute atomic E-state index is 0.0989. The van der Waals surface area contributed by atoms with Crippen molar-refractivity contribution in [1.82, 2.24) is 24.8 Å². The molecule has 0 aliphatic carbocycles. The number of fused-ring (bicyclic) bond motifs is 1. The lowest BCUT2D eigenvalue weighted by atomic mass is 10.3. The first-order valence-electron chi connectivity index (χ1n) is 9.27. The number of nitrogens with one attached hydrogen (secondary N) is 2. The van der Waals surface area contributed by atoms with Crippen LogP contribution >= 0.6 is 11.3 Å². The van der Waals surface area contributed by atoms with Gasteiger partial charge < -0.3 is 20.3 Å². The van der Waals surface area contributed by atoms with Gasteiger partial charge in [-0.25, -0.2) is 24.1 Å². The van der Waals surface area contributed by atoms with Crippen LogP contribution in [0.3, 0.4) is 0 Å². The van der Waals surface area contributed by atoms with E-state index in [2.05, 4.69) is 25.3 Å². The van der Waals surface area contributed by atoms with Crippen molar-refractivity contribution in [2.45, 2.75) is 13.0 Å². The topological polar surface area (TPSA) is 124 Å². The third-order valence-corrected chi connectivity index (χ3v) is 5.33. The second kappa shape index (κ2) is 8.88. The maximum Gasteiger partial charge on any atom is 0.407 e. The molecule has 0 fully saturated rings. The van der Waals surface area contributed by atoms with Crippen LogP contribution in [-0.2, 0) is 13.0 Å². The summed E-state index contributed by atoms with van der Waals surface area (Å²) in [6, 6.07) is 10.1. The zero-order chi connectivity index (χ0) is 21.8. The normalized spacial score (nSPS) is 10.9. The molecule has 158 valence electrons. The van der Waals surface area contributed by atoms with E-state index in [1.54, 1.807) is 0 Å². The van der Waals surface area contributed by atoms with E-state index < -0.39 is 17.8 Å². The van der Waals surface area contributed by atoms with E-state index in [1.807, 2.05) is 24.3 Å². The quantitative estimate of drug-likeness (QED) is 0.404. The molecule has 0 saturated heterocycles. The molecule has 0 aliphatic heterocycles. The number of para-hydroxylation sites is 2. The number of hydrogen-bond acceptors (Lipinski definition) is 6. The fraction of sp³-hybridized carbons (Fsp3) is 0.150. The fourth-order valence-corrected chi connectivity index (χ4v) is 3.68. The van der Waals surface area contributed by atoms with E-state index in [-0.39, 0.29) is 24.6 Å². The first-order chi connectivity index (χ1) is 15.0. The Bertz CT molecular complexity index is 1210. The van der Waals surface area contributed by atoms with Gasteiger partial charge in [0.05, 0.1) is 22.6 Å². The molecule has 31 heavy (non-hydrogen) atoms. The van der Waals surface area contributed by atoms with Crippen LogP contribution in [-0.4, -0.2) is 48.5 Å². The van der Waals surface area contributed by atoms with Gasteiger partial charge in [-0.05, 0) is 24.3 Å². The minimum atomic E-state index is -1.08. The van der Waals surface area contributed by atoms with Crippen LogP contribution < -0.4 is 5.32 Å². The number of carboxylic acid groups (broad SMARTS) is 1. The fourth-order valence-electron chi connectivity index (χ4n) is 2.91. The molecule has 3 aromatic heterocycles. The molecule has 4 aromatic rings. The molecule has 0 bridgehead atoms. The second-order valence-corrected chi connectivity index (χ2v) is 7.51. The highest BCUT2D eigenvalue weighted by Crippen LogP contribution is 2.16. The monoisotopic (exact) mass is 440 g/mol. The number of aromatic amines is 1. The predicted octanol–water partition coefficient (Wildman–Crippen LogP) is 3.53. The number of imidazole rings is 1.